The maximum absolute atomic E-state index is 12.2. The lowest BCUT2D eigenvalue weighted by molar-refractivity contribution is 0.587. The zero-order chi connectivity index (χ0) is 13.3. The van der Waals surface area contributed by atoms with Crippen molar-refractivity contribution in [2.75, 3.05) is 0 Å². The lowest BCUT2D eigenvalue weighted by atomic mass is 10.2. The third-order valence-electron chi connectivity index (χ3n) is 2.78. The molecule has 0 bridgehead atoms. The van der Waals surface area contributed by atoms with Gasteiger partial charge in [0.25, 0.3) is 10.0 Å². The first-order valence-corrected chi connectivity index (χ1v) is 7.10. The van der Waals surface area contributed by atoms with Crippen molar-refractivity contribution in [3.8, 4) is 11.4 Å². The van der Waals surface area contributed by atoms with Crippen LogP contribution in [0.5, 0.6) is 0 Å². The van der Waals surface area contributed by atoms with E-state index in [1.807, 2.05) is 0 Å². The first-order chi connectivity index (χ1) is 9.18. The van der Waals surface area contributed by atoms with E-state index >= 15 is 0 Å². The molecular formula is C13H11N3O2S. The van der Waals surface area contributed by atoms with Gasteiger partial charge in [0.2, 0.25) is 0 Å². The van der Waals surface area contributed by atoms with Crippen LogP contribution >= 0.6 is 0 Å². The molecule has 0 fully saturated rings. The number of H-pyrrole nitrogens is 1. The van der Waals surface area contributed by atoms with Crippen LogP contribution in [0, 0.1) is 0 Å². The second-order valence-electron chi connectivity index (χ2n) is 3.98. The van der Waals surface area contributed by atoms with Crippen LogP contribution in [0.15, 0.2) is 66.1 Å². The van der Waals surface area contributed by atoms with E-state index in [9.17, 15) is 8.42 Å². The van der Waals surface area contributed by atoms with E-state index in [4.69, 9.17) is 0 Å². The maximum atomic E-state index is 12.2. The highest BCUT2D eigenvalue weighted by Crippen LogP contribution is 2.19. The molecule has 5 nitrogen and oxygen atoms in total. The third-order valence-corrected chi connectivity index (χ3v) is 4.44. The number of rotatable bonds is 3. The summed E-state index contributed by atoms with van der Waals surface area (Å²) in [6, 6.07) is 9.97. The summed E-state index contributed by atoms with van der Waals surface area (Å²) in [6.07, 6.45) is 6.39. The second-order valence-corrected chi connectivity index (χ2v) is 5.82. The van der Waals surface area contributed by atoms with E-state index in [0.717, 1.165) is 5.56 Å². The molecule has 2 aromatic heterocycles. The van der Waals surface area contributed by atoms with Crippen molar-refractivity contribution >= 4 is 10.0 Å². The number of aromatic amines is 1. The molecule has 0 aliphatic heterocycles. The van der Waals surface area contributed by atoms with Crippen LogP contribution in [0.1, 0.15) is 0 Å². The molecule has 3 aromatic rings. The summed E-state index contributed by atoms with van der Waals surface area (Å²) in [5, 5.41) is 0. The van der Waals surface area contributed by atoms with E-state index < -0.39 is 10.0 Å². The zero-order valence-electron chi connectivity index (χ0n) is 9.89. The first kappa shape index (κ1) is 11.7. The van der Waals surface area contributed by atoms with Crippen molar-refractivity contribution in [2.45, 2.75) is 4.90 Å². The Labute approximate surface area is 110 Å². The Hall–Kier alpha value is -2.34. The summed E-state index contributed by atoms with van der Waals surface area (Å²) >= 11 is 0. The quantitative estimate of drug-likeness (QED) is 0.794. The molecule has 19 heavy (non-hydrogen) atoms. The predicted octanol–water partition coefficient (Wildman–Crippen LogP) is 2.12. The summed E-state index contributed by atoms with van der Waals surface area (Å²) in [5.41, 5.74) is 0.844. The minimum atomic E-state index is -3.50. The molecule has 3 rings (SSSR count). The van der Waals surface area contributed by atoms with E-state index in [1.54, 1.807) is 48.8 Å². The van der Waals surface area contributed by atoms with Gasteiger partial charge in [0.15, 0.2) is 0 Å². The van der Waals surface area contributed by atoms with Crippen molar-refractivity contribution in [3.05, 3.63) is 61.2 Å². The molecule has 0 amide bonds. The van der Waals surface area contributed by atoms with Crippen LogP contribution in [0.2, 0.25) is 0 Å². The monoisotopic (exact) mass is 273 g/mol. The fourth-order valence-corrected chi connectivity index (χ4v) is 2.99. The average Bonchev–Trinajstić information content (AvgIpc) is 3.12. The Bertz CT molecular complexity index is 758. The average molecular weight is 273 g/mol. The summed E-state index contributed by atoms with van der Waals surface area (Å²) in [4.78, 5) is 7.34. The van der Waals surface area contributed by atoms with Crippen LogP contribution in [-0.2, 0) is 10.0 Å². The molecule has 0 spiro atoms. The van der Waals surface area contributed by atoms with Gasteiger partial charge in [-0.2, -0.15) is 0 Å². The van der Waals surface area contributed by atoms with Gasteiger partial charge in [0, 0.05) is 30.4 Å². The normalized spacial score (nSPS) is 11.6. The van der Waals surface area contributed by atoms with Crippen LogP contribution < -0.4 is 0 Å². The Morgan fingerprint density at radius 2 is 1.74 bits per heavy atom. The smallest absolute Gasteiger partial charge is 0.267 e. The molecule has 1 aromatic carbocycles. The van der Waals surface area contributed by atoms with Crippen molar-refractivity contribution in [3.63, 3.8) is 0 Å². The Morgan fingerprint density at radius 3 is 2.32 bits per heavy atom. The van der Waals surface area contributed by atoms with Crippen molar-refractivity contribution in [1.29, 1.82) is 0 Å². The molecule has 0 saturated carbocycles. The maximum Gasteiger partial charge on any atom is 0.267 e. The predicted molar refractivity (Wildman–Crippen MR) is 71.0 cm³/mol. The molecule has 96 valence electrons. The summed E-state index contributed by atoms with van der Waals surface area (Å²) in [6.45, 7) is 0. The highest BCUT2D eigenvalue weighted by molar-refractivity contribution is 7.90. The molecule has 0 saturated heterocycles. The number of nitrogens with one attached hydrogen (secondary N) is 1. The largest absolute Gasteiger partial charge is 0.345 e. The van der Waals surface area contributed by atoms with Gasteiger partial charge in [-0.1, -0.05) is 0 Å². The van der Waals surface area contributed by atoms with Gasteiger partial charge in [-0.3, -0.25) is 0 Å². The van der Waals surface area contributed by atoms with Crippen molar-refractivity contribution in [1.82, 2.24) is 13.9 Å². The van der Waals surface area contributed by atoms with Gasteiger partial charge in [-0.05, 0) is 36.4 Å². The molecule has 0 atom stereocenters. The van der Waals surface area contributed by atoms with E-state index in [2.05, 4.69) is 9.97 Å². The van der Waals surface area contributed by atoms with Crippen molar-refractivity contribution < 1.29 is 8.42 Å². The molecule has 2 heterocycles. The standard InChI is InChI=1S/C13H11N3O2S/c17-19(18,16-9-1-2-10-16)12-5-3-11(4-6-12)13-14-7-8-15-13/h1-10H,(H,14,15). The van der Waals surface area contributed by atoms with Crippen LogP contribution in [-0.4, -0.2) is 22.4 Å². The highest BCUT2D eigenvalue weighted by Gasteiger charge is 2.15. The van der Waals surface area contributed by atoms with Crippen LogP contribution in [0.4, 0.5) is 0 Å². The fraction of sp³-hybridized carbons (Fsp3) is 0. The topological polar surface area (TPSA) is 67.8 Å². The molecular weight excluding hydrogens is 262 g/mol. The van der Waals surface area contributed by atoms with E-state index in [0.29, 0.717) is 5.82 Å². The number of imidazole rings is 1. The number of aromatic nitrogens is 3. The fourth-order valence-electron chi connectivity index (χ4n) is 1.81. The summed E-state index contributed by atoms with van der Waals surface area (Å²) in [7, 11) is -3.50. The van der Waals surface area contributed by atoms with Gasteiger partial charge < -0.3 is 4.98 Å². The number of hydrogen-bond donors (Lipinski definition) is 1. The Kier molecular flexibility index (Phi) is 2.72. The van der Waals surface area contributed by atoms with Gasteiger partial charge in [0.1, 0.15) is 5.82 Å². The van der Waals surface area contributed by atoms with Gasteiger partial charge in [-0.25, -0.2) is 17.4 Å². The number of benzene rings is 1. The van der Waals surface area contributed by atoms with E-state index in [1.165, 1.54) is 16.4 Å². The summed E-state index contributed by atoms with van der Waals surface area (Å²) < 4.78 is 25.7. The second kappa shape index (κ2) is 4.40. The van der Waals surface area contributed by atoms with Crippen molar-refractivity contribution in [2.24, 2.45) is 0 Å². The third kappa shape index (κ3) is 2.06. The Balaban J connectivity index is 2.00. The molecule has 0 aliphatic carbocycles. The van der Waals surface area contributed by atoms with Gasteiger partial charge in [0.05, 0.1) is 4.90 Å². The lowest BCUT2D eigenvalue weighted by Gasteiger charge is -2.06. The number of nitrogens with zero attached hydrogens (tertiary/aromatic N) is 2. The minimum absolute atomic E-state index is 0.249. The molecule has 0 unspecified atom stereocenters. The molecule has 0 radical (unpaired) electrons. The van der Waals surface area contributed by atoms with E-state index in [-0.39, 0.29) is 4.90 Å². The lowest BCUT2D eigenvalue weighted by Crippen LogP contribution is -2.10. The van der Waals surface area contributed by atoms with Crippen LogP contribution in [0.3, 0.4) is 0 Å². The Morgan fingerprint density at radius 1 is 1.05 bits per heavy atom. The molecule has 6 heteroatoms. The first-order valence-electron chi connectivity index (χ1n) is 5.66. The SMILES string of the molecule is O=S(=O)(c1ccc(-c2ncc[nH]2)cc1)n1cccc1. The van der Waals surface area contributed by atoms with Crippen LogP contribution in [0.25, 0.3) is 11.4 Å². The minimum Gasteiger partial charge on any atom is -0.345 e. The van der Waals surface area contributed by atoms with Gasteiger partial charge >= 0.3 is 0 Å². The highest BCUT2D eigenvalue weighted by atomic mass is 32.2. The molecule has 1 N–H and O–H groups in total. The zero-order valence-corrected chi connectivity index (χ0v) is 10.7. The summed E-state index contributed by atoms with van der Waals surface area (Å²) in [5.74, 6) is 0.713. The molecule has 0 aliphatic rings. The number of hydrogen-bond acceptors (Lipinski definition) is 3. The van der Waals surface area contributed by atoms with Gasteiger partial charge in [-0.15, -0.1) is 0 Å².